The highest BCUT2D eigenvalue weighted by molar-refractivity contribution is 7.89. The van der Waals surface area contributed by atoms with Crippen LogP contribution >= 0.6 is 11.6 Å². The van der Waals surface area contributed by atoms with Crippen LogP contribution in [0.2, 0.25) is 5.02 Å². The molecule has 0 aliphatic carbocycles. The van der Waals surface area contributed by atoms with Crippen molar-refractivity contribution in [3.05, 3.63) is 76.7 Å². The van der Waals surface area contributed by atoms with Crippen molar-refractivity contribution in [1.29, 1.82) is 0 Å². The van der Waals surface area contributed by atoms with Crippen molar-refractivity contribution in [2.45, 2.75) is 37.4 Å². The highest BCUT2D eigenvalue weighted by atomic mass is 35.5. The standard InChI is InChI=1S/C25H21ClF4N4O3S/c1-3-14-9-21-18(11-19(14)27)22(24(35)32-16-6-4-5-15(26)10-16)23(33-21)20-8-7-17(12-31-20)38(36,37)34-13(2)25(28,29)30/h4-13,33-34H,3H2,1-2H3,(H,32,35)/t13-/m0/s1. The SMILES string of the molecule is CCc1cc2[nH]c(-c3ccc(S(=O)(=O)N[C@@H](C)C(F)(F)F)cn3)c(C(=O)Nc3cccc(Cl)c3)c2cc1F. The lowest BCUT2D eigenvalue weighted by molar-refractivity contribution is -0.147. The van der Waals surface area contributed by atoms with Gasteiger partial charge in [0.15, 0.2) is 0 Å². The molecule has 2 aromatic carbocycles. The number of carbonyl (C=O) groups is 1. The smallest absolute Gasteiger partial charge is 0.353 e. The molecule has 38 heavy (non-hydrogen) atoms. The normalized spacial score (nSPS) is 13.0. The molecule has 200 valence electrons. The van der Waals surface area contributed by atoms with E-state index in [-0.39, 0.29) is 22.3 Å². The number of H-pyrrole nitrogens is 1. The van der Waals surface area contributed by atoms with Crippen molar-refractivity contribution >= 4 is 44.1 Å². The number of benzene rings is 2. The molecule has 13 heteroatoms. The average molecular weight is 569 g/mol. The third-order valence-electron chi connectivity index (χ3n) is 5.78. The van der Waals surface area contributed by atoms with Gasteiger partial charge < -0.3 is 10.3 Å². The number of hydrogen-bond acceptors (Lipinski definition) is 4. The van der Waals surface area contributed by atoms with E-state index in [1.807, 2.05) is 0 Å². The van der Waals surface area contributed by atoms with Gasteiger partial charge in [-0.1, -0.05) is 24.6 Å². The van der Waals surface area contributed by atoms with Crippen LogP contribution in [0.5, 0.6) is 0 Å². The first-order valence-corrected chi connectivity index (χ1v) is 13.1. The third kappa shape index (κ3) is 5.66. The predicted molar refractivity (Wildman–Crippen MR) is 136 cm³/mol. The molecule has 1 atom stereocenters. The van der Waals surface area contributed by atoms with Gasteiger partial charge >= 0.3 is 6.18 Å². The second-order valence-electron chi connectivity index (χ2n) is 8.45. The van der Waals surface area contributed by atoms with Crippen LogP contribution in [0.3, 0.4) is 0 Å². The quantitative estimate of drug-likeness (QED) is 0.236. The Kier molecular flexibility index (Phi) is 7.51. The summed E-state index contributed by atoms with van der Waals surface area (Å²) in [5, 5.41) is 3.34. The number of aromatic amines is 1. The molecule has 0 saturated carbocycles. The van der Waals surface area contributed by atoms with Crippen molar-refractivity contribution < 1.29 is 30.8 Å². The van der Waals surface area contributed by atoms with Crippen LogP contribution in [0, 0.1) is 5.82 Å². The predicted octanol–water partition coefficient (Wildman–Crippen LogP) is 6.07. The maximum absolute atomic E-state index is 14.7. The largest absolute Gasteiger partial charge is 0.404 e. The Hall–Kier alpha value is -3.48. The summed E-state index contributed by atoms with van der Waals surface area (Å²) in [5.74, 6) is -1.13. The Morgan fingerprint density at radius 2 is 1.89 bits per heavy atom. The molecule has 0 bridgehead atoms. The molecular weight excluding hydrogens is 548 g/mol. The summed E-state index contributed by atoms with van der Waals surface area (Å²) in [7, 11) is -4.54. The van der Waals surface area contributed by atoms with Crippen LogP contribution < -0.4 is 10.0 Å². The maximum atomic E-state index is 14.7. The number of alkyl halides is 3. The first-order valence-electron chi connectivity index (χ1n) is 11.3. The Morgan fingerprint density at radius 3 is 2.50 bits per heavy atom. The topological polar surface area (TPSA) is 104 Å². The molecule has 0 spiro atoms. The van der Waals surface area contributed by atoms with Gasteiger partial charge in [0.2, 0.25) is 10.0 Å². The zero-order chi connectivity index (χ0) is 27.8. The minimum Gasteiger partial charge on any atom is -0.353 e. The minimum atomic E-state index is -4.78. The van der Waals surface area contributed by atoms with E-state index in [0.717, 1.165) is 12.3 Å². The van der Waals surface area contributed by atoms with Gasteiger partial charge in [0.1, 0.15) is 16.8 Å². The minimum absolute atomic E-state index is 0.0356. The molecule has 2 heterocycles. The second-order valence-corrected chi connectivity index (χ2v) is 10.6. The molecule has 7 nitrogen and oxygen atoms in total. The zero-order valence-electron chi connectivity index (χ0n) is 20.0. The molecule has 4 rings (SSSR count). The molecule has 0 aliphatic rings. The number of nitrogens with one attached hydrogen (secondary N) is 3. The Balaban J connectivity index is 1.78. The number of nitrogens with zero attached hydrogens (tertiary/aromatic N) is 1. The van der Waals surface area contributed by atoms with Gasteiger partial charge in [-0.2, -0.15) is 17.9 Å². The fourth-order valence-electron chi connectivity index (χ4n) is 3.77. The van der Waals surface area contributed by atoms with Crippen LogP contribution in [0.25, 0.3) is 22.3 Å². The highest BCUT2D eigenvalue weighted by Gasteiger charge is 2.39. The fourth-order valence-corrected chi connectivity index (χ4v) is 5.14. The van der Waals surface area contributed by atoms with Crippen molar-refractivity contribution in [3.8, 4) is 11.4 Å². The lowest BCUT2D eigenvalue weighted by Crippen LogP contribution is -2.42. The van der Waals surface area contributed by atoms with Gasteiger partial charge in [0, 0.05) is 27.8 Å². The number of rotatable bonds is 7. The number of amides is 1. The van der Waals surface area contributed by atoms with Crippen molar-refractivity contribution in [2.24, 2.45) is 0 Å². The van der Waals surface area contributed by atoms with Crippen LogP contribution in [0.1, 0.15) is 29.8 Å². The molecule has 3 N–H and O–H groups in total. The lowest BCUT2D eigenvalue weighted by Gasteiger charge is -2.17. The van der Waals surface area contributed by atoms with Crippen LogP contribution in [-0.4, -0.2) is 36.5 Å². The fraction of sp³-hybridized carbons (Fsp3) is 0.200. The Morgan fingerprint density at radius 1 is 1.16 bits per heavy atom. The Bertz CT molecular complexity index is 1620. The summed E-state index contributed by atoms with van der Waals surface area (Å²) in [6.45, 7) is 2.45. The summed E-state index contributed by atoms with van der Waals surface area (Å²) in [6.07, 6.45) is -3.50. The molecule has 0 unspecified atom stereocenters. The Labute approximate surface area is 220 Å². The summed E-state index contributed by atoms with van der Waals surface area (Å²) >= 11 is 6.00. The van der Waals surface area contributed by atoms with Gasteiger partial charge in [-0.15, -0.1) is 0 Å². The number of carbonyl (C=O) groups excluding carboxylic acids is 1. The molecule has 0 aliphatic heterocycles. The molecule has 0 fully saturated rings. The average Bonchev–Trinajstić information content (AvgIpc) is 3.21. The summed E-state index contributed by atoms with van der Waals surface area (Å²) in [4.78, 5) is 20.0. The lowest BCUT2D eigenvalue weighted by atomic mass is 10.0. The van der Waals surface area contributed by atoms with E-state index in [1.54, 1.807) is 35.9 Å². The van der Waals surface area contributed by atoms with Gasteiger partial charge in [-0.3, -0.25) is 9.78 Å². The van der Waals surface area contributed by atoms with Crippen molar-refractivity contribution in [1.82, 2.24) is 14.7 Å². The molecule has 0 radical (unpaired) electrons. The van der Waals surface area contributed by atoms with E-state index in [1.165, 1.54) is 18.2 Å². The van der Waals surface area contributed by atoms with E-state index >= 15 is 0 Å². The molecule has 2 aromatic heterocycles. The van der Waals surface area contributed by atoms with E-state index in [2.05, 4.69) is 15.3 Å². The summed E-state index contributed by atoms with van der Waals surface area (Å²) in [5.41, 5.74) is 1.53. The van der Waals surface area contributed by atoms with Crippen LogP contribution in [-0.2, 0) is 16.4 Å². The van der Waals surface area contributed by atoms with Crippen LogP contribution in [0.15, 0.2) is 59.6 Å². The van der Waals surface area contributed by atoms with Gasteiger partial charge in [0.25, 0.3) is 5.91 Å². The third-order valence-corrected chi connectivity index (χ3v) is 7.54. The van der Waals surface area contributed by atoms with Crippen molar-refractivity contribution in [3.63, 3.8) is 0 Å². The van der Waals surface area contributed by atoms with Gasteiger partial charge in [-0.05, 0) is 61.4 Å². The highest BCUT2D eigenvalue weighted by Crippen LogP contribution is 2.33. The first kappa shape index (κ1) is 27.6. The van der Waals surface area contributed by atoms with E-state index < -0.39 is 38.9 Å². The number of halogens is 5. The van der Waals surface area contributed by atoms with Gasteiger partial charge in [0.05, 0.1) is 17.0 Å². The first-order chi connectivity index (χ1) is 17.8. The van der Waals surface area contributed by atoms with E-state index in [9.17, 15) is 30.8 Å². The van der Waals surface area contributed by atoms with E-state index in [4.69, 9.17) is 11.6 Å². The number of sulfonamides is 1. The number of anilines is 1. The van der Waals surface area contributed by atoms with Gasteiger partial charge in [-0.25, -0.2) is 12.8 Å². The summed E-state index contributed by atoms with van der Waals surface area (Å²) < 4.78 is 79.6. The number of hydrogen-bond donors (Lipinski definition) is 3. The van der Waals surface area contributed by atoms with Crippen LogP contribution in [0.4, 0.5) is 23.2 Å². The second kappa shape index (κ2) is 10.4. The molecule has 1 amide bonds. The number of pyridine rings is 1. The van der Waals surface area contributed by atoms with Crippen molar-refractivity contribution in [2.75, 3.05) is 5.32 Å². The zero-order valence-corrected chi connectivity index (χ0v) is 21.5. The molecular formula is C25H21ClF4N4O3S. The number of aromatic nitrogens is 2. The van der Waals surface area contributed by atoms with E-state index in [0.29, 0.717) is 35.1 Å². The maximum Gasteiger partial charge on any atom is 0.404 e. The number of aryl methyl sites for hydroxylation is 1. The number of fused-ring (bicyclic) bond motifs is 1. The summed E-state index contributed by atoms with van der Waals surface area (Å²) in [6, 6.07) is 9.17. The monoisotopic (exact) mass is 568 g/mol. The molecule has 0 saturated heterocycles. The molecule has 4 aromatic rings.